The molecule has 0 unspecified atom stereocenters. The molecule has 53 heavy (non-hydrogen) atoms. The Morgan fingerprint density at radius 3 is 1.66 bits per heavy atom. The van der Waals surface area contributed by atoms with Crippen LogP contribution in [0, 0.1) is 0 Å². The summed E-state index contributed by atoms with van der Waals surface area (Å²) in [4.78, 5) is 10.4. The molecule has 0 N–H and O–H groups in total. The van der Waals surface area contributed by atoms with Crippen molar-refractivity contribution < 1.29 is 0 Å². The van der Waals surface area contributed by atoms with Crippen molar-refractivity contribution >= 4 is 21.5 Å². The van der Waals surface area contributed by atoms with Crippen molar-refractivity contribution in [3.05, 3.63) is 193 Å². The van der Waals surface area contributed by atoms with Gasteiger partial charge in [-0.1, -0.05) is 184 Å². The maximum Gasteiger partial charge on any atom is 0.160 e. The van der Waals surface area contributed by atoms with Gasteiger partial charge >= 0.3 is 0 Å². The molecule has 0 aliphatic heterocycles. The molecule has 0 amide bonds. The molecule has 2 nitrogen and oxygen atoms in total. The minimum atomic E-state index is -0.0843. The Labute approximate surface area is 310 Å². The highest BCUT2D eigenvalue weighted by Gasteiger charge is 2.37. The molecule has 2 heteroatoms. The van der Waals surface area contributed by atoms with Crippen LogP contribution in [-0.2, 0) is 5.41 Å². The van der Waals surface area contributed by atoms with Crippen LogP contribution in [0.4, 0.5) is 0 Å². The van der Waals surface area contributed by atoms with Crippen LogP contribution in [0.5, 0.6) is 0 Å². The number of hydrogen-bond acceptors (Lipinski definition) is 2. The molecule has 0 saturated carbocycles. The van der Waals surface area contributed by atoms with Crippen LogP contribution in [0.1, 0.15) is 25.0 Å². The molecule has 9 aromatic rings. The number of fused-ring (bicyclic) bond motifs is 6. The largest absolute Gasteiger partial charge is 0.228 e. The summed E-state index contributed by atoms with van der Waals surface area (Å²) in [6, 6.07) is 65.3. The molecule has 0 saturated heterocycles. The summed E-state index contributed by atoms with van der Waals surface area (Å²) in [5.74, 6) is 0.710. The van der Waals surface area contributed by atoms with E-state index in [0.29, 0.717) is 5.82 Å². The molecule has 0 spiro atoms. The van der Waals surface area contributed by atoms with Gasteiger partial charge in [0.05, 0.1) is 11.4 Å². The number of aromatic nitrogens is 2. The maximum atomic E-state index is 5.26. The van der Waals surface area contributed by atoms with Gasteiger partial charge in [-0.25, -0.2) is 9.97 Å². The van der Waals surface area contributed by atoms with Gasteiger partial charge in [-0.2, -0.15) is 0 Å². The van der Waals surface area contributed by atoms with Crippen LogP contribution in [0.3, 0.4) is 0 Å². The Hall–Kier alpha value is -6.64. The Morgan fingerprint density at radius 1 is 0.358 bits per heavy atom. The van der Waals surface area contributed by atoms with Crippen LogP contribution < -0.4 is 0 Å². The predicted molar refractivity (Wildman–Crippen MR) is 222 cm³/mol. The first-order chi connectivity index (χ1) is 26.0. The zero-order valence-corrected chi connectivity index (χ0v) is 29.7. The third-order valence-electron chi connectivity index (χ3n) is 11.1. The number of nitrogens with zero attached hydrogens (tertiary/aromatic N) is 2. The Balaban J connectivity index is 1.11. The van der Waals surface area contributed by atoms with E-state index >= 15 is 0 Å². The summed E-state index contributed by atoms with van der Waals surface area (Å²) >= 11 is 0. The average Bonchev–Trinajstić information content (AvgIpc) is 3.46. The lowest BCUT2D eigenvalue weighted by Gasteiger charge is -2.23. The Kier molecular flexibility index (Phi) is 7.19. The number of rotatable bonds is 5. The first kappa shape index (κ1) is 31.1. The first-order valence-corrected chi connectivity index (χ1v) is 18.3. The van der Waals surface area contributed by atoms with Gasteiger partial charge in [0.2, 0.25) is 0 Å². The summed E-state index contributed by atoms with van der Waals surface area (Å²) in [5.41, 5.74) is 15.1. The van der Waals surface area contributed by atoms with Crippen molar-refractivity contribution in [2.75, 3.05) is 0 Å². The molecule has 8 aromatic carbocycles. The zero-order valence-electron chi connectivity index (χ0n) is 29.7. The molecule has 1 heterocycles. The molecule has 0 atom stereocenters. The van der Waals surface area contributed by atoms with Crippen molar-refractivity contribution in [1.29, 1.82) is 0 Å². The van der Waals surface area contributed by atoms with Crippen LogP contribution in [0.2, 0.25) is 0 Å². The quantitative estimate of drug-likeness (QED) is 0.181. The molecule has 250 valence electrons. The molecule has 1 aliphatic carbocycles. The topological polar surface area (TPSA) is 25.8 Å². The maximum absolute atomic E-state index is 5.26. The van der Waals surface area contributed by atoms with Crippen LogP contribution in [0.25, 0.3) is 88.8 Å². The second-order valence-corrected chi connectivity index (χ2v) is 14.6. The Bertz CT molecular complexity index is 2830. The standard InChI is InChI=1S/C51H36N2/c1-51(2)46-30-26-38(31-45(46)44-27-25-35-15-9-10-18-40(35)49(44)51)39-28-29-43(42-20-12-11-19-41(39)42)48-32-47(36-16-7-4-8-17-36)52-50(53-48)37-23-21-34(22-24-37)33-13-5-3-6-14-33/h3-32H,1-2H3. The van der Waals surface area contributed by atoms with E-state index in [0.717, 1.165) is 28.1 Å². The van der Waals surface area contributed by atoms with Crippen LogP contribution in [0.15, 0.2) is 182 Å². The van der Waals surface area contributed by atoms with E-state index in [-0.39, 0.29) is 5.41 Å². The van der Waals surface area contributed by atoms with Gasteiger partial charge in [0.25, 0.3) is 0 Å². The highest BCUT2D eigenvalue weighted by atomic mass is 14.9. The van der Waals surface area contributed by atoms with E-state index < -0.39 is 0 Å². The van der Waals surface area contributed by atoms with Gasteiger partial charge in [-0.3, -0.25) is 0 Å². The average molecular weight is 677 g/mol. The van der Waals surface area contributed by atoms with Crippen molar-refractivity contribution in [3.63, 3.8) is 0 Å². The highest BCUT2D eigenvalue weighted by molar-refractivity contribution is 6.06. The SMILES string of the molecule is CC1(C)c2ccc(-c3ccc(-c4cc(-c5ccccc5)nc(-c5ccc(-c6ccccc6)cc5)n4)c4ccccc34)cc2-c2ccc3ccccc3c21. The predicted octanol–water partition coefficient (Wildman–Crippen LogP) is 13.4. The first-order valence-electron chi connectivity index (χ1n) is 18.3. The normalized spacial score (nSPS) is 12.9. The smallest absolute Gasteiger partial charge is 0.160 e. The van der Waals surface area contributed by atoms with Gasteiger partial charge in [0.1, 0.15) is 0 Å². The summed E-state index contributed by atoms with van der Waals surface area (Å²) in [5, 5.41) is 5.00. The third kappa shape index (κ3) is 5.18. The molecular formula is C51H36N2. The van der Waals surface area contributed by atoms with Crippen molar-refractivity contribution in [1.82, 2.24) is 9.97 Å². The lowest BCUT2D eigenvalue weighted by atomic mass is 9.80. The van der Waals surface area contributed by atoms with E-state index in [1.807, 2.05) is 12.1 Å². The van der Waals surface area contributed by atoms with Crippen molar-refractivity contribution in [2.45, 2.75) is 19.3 Å². The highest BCUT2D eigenvalue weighted by Crippen LogP contribution is 2.52. The molecular weight excluding hydrogens is 641 g/mol. The van der Waals surface area contributed by atoms with Gasteiger partial charge in [0, 0.05) is 22.1 Å². The molecule has 1 aliphatic rings. The van der Waals surface area contributed by atoms with E-state index in [4.69, 9.17) is 9.97 Å². The summed E-state index contributed by atoms with van der Waals surface area (Å²) < 4.78 is 0. The zero-order chi connectivity index (χ0) is 35.5. The fourth-order valence-electron chi connectivity index (χ4n) is 8.47. The van der Waals surface area contributed by atoms with Gasteiger partial charge in [0.15, 0.2) is 5.82 Å². The fraction of sp³-hybridized carbons (Fsp3) is 0.0588. The van der Waals surface area contributed by atoms with E-state index in [9.17, 15) is 0 Å². The lowest BCUT2D eigenvalue weighted by Crippen LogP contribution is -2.15. The third-order valence-corrected chi connectivity index (χ3v) is 11.1. The molecule has 10 rings (SSSR count). The van der Waals surface area contributed by atoms with E-state index in [2.05, 4.69) is 184 Å². The van der Waals surface area contributed by atoms with Gasteiger partial charge in [-0.15, -0.1) is 0 Å². The monoisotopic (exact) mass is 676 g/mol. The number of hydrogen-bond donors (Lipinski definition) is 0. The second-order valence-electron chi connectivity index (χ2n) is 14.6. The summed E-state index contributed by atoms with van der Waals surface area (Å²) in [6.07, 6.45) is 0. The lowest BCUT2D eigenvalue weighted by molar-refractivity contribution is 0.666. The molecule has 1 aromatic heterocycles. The molecule has 0 radical (unpaired) electrons. The van der Waals surface area contributed by atoms with Gasteiger partial charge < -0.3 is 0 Å². The second kappa shape index (κ2) is 12.3. The van der Waals surface area contributed by atoms with E-state index in [1.165, 1.54) is 66.1 Å². The minimum absolute atomic E-state index is 0.0843. The Morgan fingerprint density at radius 2 is 0.906 bits per heavy atom. The minimum Gasteiger partial charge on any atom is -0.228 e. The summed E-state index contributed by atoms with van der Waals surface area (Å²) in [6.45, 7) is 4.73. The van der Waals surface area contributed by atoms with E-state index in [1.54, 1.807) is 0 Å². The number of benzene rings is 8. The molecule has 0 bridgehead atoms. The van der Waals surface area contributed by atoms with Crippen LogP contribution in [-0.4, -0.2) is 9.97 Å². The van der Waals surface area contributed by atoms with Crippen molar-refractivity contribution in [3.8, 4) is 67.3 Å². The van der Waals surface area contributed by atoms with Gasteiger partial charge in [-0.05, 0) is 78.2 Å². The van der Waals surface area contributed by atoms with Crippen LogP contribution >= 0.6 is 0 Å². The summed E-state index contributed by atoms with van der Waals surface area (Å²) in [7, 11) is 0. The van der Waals surface area contributed by atoms with Crippen molar-refractivity contribution in [2.24, 2.45) is 0 Å². The molecule has 0 fully saturated rings. The fourth-order valence-corrected chi connectivity index (χ4v) is 8.47.